The Morgan fingerprint density at radius 3 is 2.61 bits per heavy atom. The normalized spacial score (nSPS) is 17.3. The molecule has 1 atom stereocenters. The van der Waals surface area contributed by atoms with Crippen molar-refractivity contribution in [2.75, 3.05) is 11.4 Å². The lowest BCUT2D eigenvalue weighted by molar-refractivity contribution is -0.139. The SMILES string of the molecule is CC(C)CCNC(=O)C(C)(C)C(=O)N1c2ccccc2CC1C. The van der Waals surface area contributed by atoms with Gasteiger partial charge < -0.3 is 10.2 Å². The Hall–Kier alpha value is -1.84. The zero-order valence-corrected chi connectivity index (χ0v) is 14.8. The molecular weight excluding hydrogens is 288 g/mol. The number of amides is 2. The fraction of sp³-hybridized carbons (Fsp3) is 0.579. The zero-order chi connectivity index (χ0) is 17.2. The minimum Gasteiger partial charge on any atom is -0.355 e. The molecule has 0 radical (unpaired) electrons. The second-order valence-corrected chi connectivity index (χ2v) is 7.42. The van der Waals surface area contributed by atoms with Gasteiger partial charge in [0.1, 0.15) is 5.41 Å². The molecule has 0 aliphatic carbocycles. The molecule has 1 aliphatic heterocycles. The lowest BCUT2D eigenvalue weighted by Gasteiger charge is -2.31. The molecule has 0 bridgehead atoms. The number of anilines is 1. The van der Waals surface area contributed by atoms with Crippen molar-refractivity contribution in [2.45, 2.75) is 53.5 Å². The van der Waals surface area contributed by atoms with E-state index in [-0.39, 0.29) is 17.9 Å². The van der Waals surface area contributed by atoms with E-state index in [1.807, 2.05) is 25.1 Å². The Balaban J connectivity index is 2.13. The molecule has 0 saturated carbocycles. The molecule has 1 N–H and O–H groups in total. The summed E-state index contributed by atoms with van der Waals surface area (Å²) >= 11 is 0. The van der Waals surface area contributed by atoms with Gasteiger partial charge in [-0.2, -0.15) is 0 Å². The molecule has 0 fully saturated rings. The van der Waals surface area contributed by atoms with Crippen molar-refractivity contribution in [3.8, 4) is 0 Å². The summed E-state index contributed by atoms with van der Waals surface area (Å²) in [6.45, 7) is 10.3. The summed E-state index contributed by atoms with van der Waals surface area (Å²) in [6, 6.07) is 8.02. The van der Waals surface area contributed by atoms with Crippen LogP contribution < -0.4 is 10.2 Å². The average Bonchev–Trinajstić information content (AvgIpc) is 2.81. The van der Waals surface area contributed by atoms with E-state index in [4.69, 9.17) is 0 Å². The van der Waals surface area contributed by atoms with Crippen LogP contribution in [-0.2, 0) is 16.0 Å². The number of nitrogens with zero attached hydrogens (tertiary/aromatic N) is 1. The van der Waals surface area contributed by atoms with Crippen LogP contribution >= 0.6 is 0 Å². The first-order valence-electron chi connectivity index (χ1n) is 8.45. The molecule has 2 amide bonds. The number of carbonyl (C=O) groups is 2. The van der Waals surface area contributed by atoms with E-state index in [0.29, 0.717) is 12.5 Å². The van der Waals surface area contributed by atoms with Crippen LogP contribution in [0, 0.1) is 11.3 Å². The number of fused-ring (bicyclic) bond motifs is 1. The fourth-order valence-electron chi connectivity index (χ4n) is 2.97. The largest absolute Gasteiger partial charge is 0.355 e. The summed E-state index contributed by atoms with van der Waals surface area (Å²) in [5, 5.41) is 2.91. The van der Waals surface area contributed by atoms with Crippen molar-refractivity contribution in [1.82, 2.24) is 5.32 Å². The molecule has 4 nitrogen and oxygen atoms in total. The number of hydrogen-bond acceptors (Lipinski definition) is 2. The first-order valence-corrected chi connectivity index (χ1v) is 8.45. The van der Waals surface area contributed by atoms with Crippen LogP contribution in [0.4, 0.5) is 5.69 Å². The summed E-state index contributed by atoms with van der Waals surface area (Å²) in [4.78, 5) is 27.3. The molecule has 1 heterocycles. The highest BCUT2D eigenvalue weighted by atomic mass is 16.2. The Labute approximate surface area is 139 Å². The third-order valence-electron chi connectivity index (χ3n) is 4.54. The first-order chi connectivity index (χ1) is 10.7. The van der Waals surface area contributed by atoms with Crippen LogP contribution in [0.1, 0.15) is 46.6 Å². The minimum atomic E-state index is -1.07. The average molecular weight is 316 g/mol. The topological polar surface area (TPSA) is 49.4 Å². The van der Waals surface area contributed by atoms with Crippen LogP contribution in [0.25, 0.3) is 0 Å². The van der Waals surface area contributed by atoms with Gasteiger partial charge in [0.15, 0.2) is 0 Å². The van der Waals surface area contributed by atoms with E-state index < -0.39 is 5.41 Å². The highest BCUT2D eigenvalue weighted by Crippen LogP contribution is 2.35. The Bertz CT molecular complexity index is 593. The molecule has 0 spiro atoms. The summed E-state index contributed by atoms with van der Waals surface area (Å²) < 4.78 is 0. The van der Waals surface area contributed by atoms with Crippen molar-refractivity contribution in [2.24, 2.45) is 11.3 Å². The molecule has 126 valence electrons. The lowest BCUT2D eigenvalue weighted by Crippen LogP contribution is -2.51. The monoisotopic (exact) mass is 316 g/mol. The van der Waals surface area contributed by atoms with Crippen molar-refractivity contribution in [3.63, 3.8) is 0 Å². The van der Waals surface area contributed by atoms with E-state index in [1.54, 1.807) is 18.7 Å². The molecule has 0 aromatic heterocycles. The Morgan fingerprint density at radius 2 is 1.96 bits per heavy atom. The van der Waals surface area contributed by atoms with E-state index >= 15 is 0 Å². The molecule has 4 heteroatoms. The second kappa shape index (κ2) is 6.73. The van der Waals surface area contributed by atoms with Gasteiger partial charge in [0.2, 0.25) is 11.8 Å². The maximum absolute atomic E-state index is 13.0. The van der Waals surface area contributed by atoms with Crippen LogP contribution in [0.5, 0.6) is 0 Å². The molecule has 23 heavy (non-hydrogen) atoms. The van der Waals surface area contributed by atoms with E-state index in [1.165, 1.54) is 5.56 Å². The lowest BCUT2D eigenvalue weighted by atomic mass is 9.89. The maximum Gasteiger partial charge on any atom is 0.242 e. The molecular formula is C19H28N2O2. The smallest absolute Gasteiger partial charge is 0.242 e. The highest BCUT2D eigenvalue weighted by molar-refractivity contribution is 6.12. The number of hydrogen-bond donors (Lipinski definition) is 1. The van der Waals surface area contributed by atoms with Gasteiger partial charge in [0, 0.05) is 18.3 Å². The van der Waals surface area contributed by atoms with Gasteiger partial charge in [-0.05, 0) is 51.2 Å². The third-order valence-corrected chi connectivity index (χ3v) is 4.54. The molecule has 1 aromatic carbocycles. The van der Waals surface area contributed by atoms with E-state index in [2.05, 4.69) is 25.2 Å². The first kappa shape index (κ1) is 17.5. The fourth-order valence-corrected chi connectivity index (χ4v) is 2.97. The quantitative estimate of drug-likeness (QED) is 0.848. The van der Waals surface area contributed by atoms with Crippen molar-refractivity contribution in [3.05, 3.63) is 29.8 Å². The summed E-state index contributed by atoms with van der Waals surface area (Å²) in [5.41, 5.74) is 1.04. The van der Waals surface area contributed by atoms with Gasteiger partial charge in [-0.25, -0.2) is 0 Å². The second-order valence-electron chi connectivity index (χ2n) is 7.42. The number of para-hydroxylation sites is 1. The minimum absolute atomic E-state index is 0.0858. The molecule has 2 rings (SSSR count). The molecule has 1 unspecified atom stereocenters. The Morgan fingerprint density at radius 1 is 1.30 bits per heavy atom. The highest BCUT2D eigenvalue weighted by Gasteiger charge is 2.43. The van der Waals surface area contributed by atoms with Gasteiger partial charge in [0.25, 0.3) is 0 Å². The predicted octanol–water partition coefficient (Wildman–Crippen LogP) is 3.15. The van der Waals surface area contributed by atoms with Crippen LogP contribution in [-0.4, -0.2) is 24.4 Å². The number of rotatable bonds is 5. The van der Waals surface area contributed by atoms with Gasteiger partial charge in [-0.1, -0.05) is 32.0 Å². The summed E-state index contributed by atoms with van der Waals surface area (Å²) in [5.74, 6) is 0.205. The van der Waals surface area contributed by atoms with Gasteiger partial charge >= 0.3 is 0 Å². The van der Waals surface area contributed by atoms with Crippen LogP contribution in [0.3, 0.4) is 0 Å². The molecule has 1 aliphatic rings. The molecule has 0 saturated heterocycles. The molecule has 1 aromatic rings. The van der Waals surface area contributed by atoms with E-state index in [9.17, 15) is 9.59 Å². The number of benzene rings is 1. The summed E-state index contributed by atoms with van der Waals surface area (Å²) in [6.07, 6.45) is 1.76. The van der Waals surface area contributed by atoms with Crippen molar-refractivity contribution < 1.29 is 9.59 Å². The van der Waals surface area contributed by atoms with Gasteiger partial charge in [-0.3, -0.25) is 9.59 Å². The van der Waals surface area contributed by atoms with E-state index in [0.717, 1.165) is 18.5 Å². The zero-order valence-electron chi connectivity index (χ0n) is 14.8. The van der Waals surface area contributed by atoms with Crippen molar-refractivity contribution in [1.29, 1.82) is 0 Å². The maximum atomic E-state index is 13.0. The van der Waals surface area contributed by atoms with Crippen LogP contribution in [0.2, 0.25) is 0 Å². The number of carbonyl (C=O) groups excluding carboxylic acids is 2. The standard InChI is InChI=1S/C19H28N2O2/c1-13(2)10-11-20-17(22)19(4,5)18(23)21-14(3)12-15-8-6-7-9-16(15)21/h6-9,13-14H,10-12H2,1-5H3,(H,20,22). The third kappa shape index (κ3) is 3.57. The predicted molar refractivity (Wildman–Crippen MR) is 93.3 cm³/mol. The van der Waals surface area contributed by atoms with Gasteiger partial charge in [0.05, 0.1) is 0 Å². The van der Waals surface area contributed by atoms with Gasteiger partial charge in [-0.15, -0.1) is 0 Å². The Kier molecular flexibility index (Phi) is 5.12. The summed E-state index contributed by atoms with van der Waals surface area (Å²) in [7, 11) is 0. The van der Waals surface area contributed by atoms with Crippen molar-refractivity contribution >= 4 is 17.5 Å². The number of nitrogens with one attached hydrogen (secondary N) is 1. The van der Waals surface area contributed by atoms with Crippen LogP contribution in [0.15, 0.2) is 24.3 Å².